The van der Waals surface area contributed by atoms with Gasteiger partial charge in [0.1, 0.15) is 11.5 Å². The smallest absolute Gasteiger partial charge is 0.248 e. The molecule has 0 atom stereocenters. The van der Waals surface area contributed by atoms with Gasteiger partial charge >= 0.3 is 0 Å². The first-order valence-corrected chi connectivity index (χ1v) is 7.32. The molecular formula is C19H21NO3. The number of anilines is 1. The quantitative estimate of drug-likeness (QED) is 0.850. The van der Waals surface area contributed by atoms with Crippen molar-refractivity contribution >= 4 is 17.7 Å². The molecule has 23 heavy (non-hydrogen) atoms. The van der Waals surface area contributed by atoms with Gasteiger partial charge in [-0.15, -0.1) is 0 Å². The van der Waals surface area contributed by atoms with E-state index in [9.17, 15) is 4.79 Å². The minimum absolute atomic E-state index is 0.189. The Hall–Kier alpha value is -2.75. The number of ether oxygens (including phenoxy) is 2. The molecule has 120 valence electrons. The molecule has 2 aromatic carbocycles. The van der Waals surface area contributed by atoms with Gasteiger partial charge in [-0.3, -0.25) is 4.79 Å². The number of aryl methyl sites for hydroxylation is 2. The van der Waals surface area contributed by atoms with E-state index in [4.69, 9.17) is 9.47 Å². The van der Waals surface area contributed by atoms with Crippen LogP contribution in [0.2, 0.25) is 0 Å². The van der Waals surface area contributed by atoms with Crippen LogP contribution in [0.4, 0.5) is 5.69 Å². The fraction of sp³-hybridized carbons (Fsp3) is 0.211. The van der Waals surface area contributed by atoms with Crippen molar-refractivity contribution in [1.82, 2.24) is 0 Å². The summed E-state index contributed by atoms with van der Waals surface area (Å²) in [6.45, 7) is 3.95. The lowest BCUT2D eigenvalue weighted by Gasteiger charge is -2.11. The van der Waals surface area contributed by atoms with Crippen molar-refractivity contribution in [1.29, 1.82) is 0 Å². The van der Waals surface area contributed by atoms with E-state index in [1.807, 2.05) is 44.2 Å². The Morgan fingerprint density at radius 2 is 1.74 bits per heavy atom. The number of rotatable bonds is 5. The Kier molecular flexibility index (Phi) is 5.41. The SMILES string of the molecule is COc1cc(C)c(/C=C/C(=O)Nc2ccc(C)cc2)c(OC)c1. The van der Waals surface area contributed by atoms with Crippen LogP contribution in [0.15, 0.2) is 42.5 Å². The van der Waals surface area contributed by atoms with E-state index in [0.717, 1.165) is 28.1 Å². The molecule has 0 fully saturated rings. The van der Waals surface area contributed by atoms with Crippen molar-refractivity contribution < 1.29 is 14.3 Å². The maximum Gasteiger partial charge on any atom is 0.248 e. The van der Waals surface area contributed by atoms with E-state index in [-0.39, 0.29) is 5.91 Å². The molecule has 0 spiro atoms. The zero-order valence-electron chi connectivity index (χ0n) is 13.8. The number of amides is 1. The lowest BCUT2D eigenvalue weighted by Crippen LogP contribution is -2.07. The monoisotopic (exact) mass is 311 g/mol. The molecule has 0 aromatic heterocycles. The highest BCUT2D eigenvalue weighted by Gasteiger charge is 2.07. The van der Waals surface area contributed by atoms with Crippen molar-refractivity contribution in [3.8, 4) is 11.5 Å². The van der Waals surface area contributed by atoms with E-state index >= 15 is 0 Å². The number of carbonyl (C=O) groups excluding carboxylic acids is 1. The lowest BCUT2D eigenvalue weighted by molar-refractivity contribution is -0.111. The predicted molar refractivity (Wildman–Crippen MR) is 93.1 cm³/mol. The molecule has 0 aliphatic carbocycles. The van der Waals surface area contributed by atoms with Crippen LogP contribution in [-0.4, -0.2) is 20.1 Å². The Morgan fingerprint density at radius 3 is 2.35 bits per heavy atom. The fourth-order valence-corrected chi connectivity index (χ4v) is 2.21. The standard InChI is InChI=1S/C19H21NO3/c1-13-5-7-15(8-6-13)20-19(21)10-9-17-14(2)11-16(22-3)12-18(17)23-4/h5-12H,1-4H3,(H,20,21)/b10-9+. The Bertz CT molecular complexity index is 718. The van der Waals surface area contributed by atoms with Crippen LogP contribution >= 0.6 is 0 Å². The largest absolute Gasteiger partial charge is 0.497 e. The number of methoxy groups -OCH3 is 2. The first-order chi connectivity index (χ1) is 11.0. The molecule has 4 heteroatoms. The van der Waals surface area contributed by atoms with Gasteiger partial charge in [0.15, 0.2) is 0 Å². The first-order valence-electron chi connectivity index (χ1n) is 7.32. The molecule has 2 rings (SSSR count). The van der Waals surface area contributed by atoms with Crippen molar-refractivity contribution in [2.75, 3.05) is 19.5 Å². The highest BCUT2D eigenvalue weighted by Crippen LogP contribution is 2.29. The molecule has 0 bridgehead atoms. The van der Waals surface area contributed by atoms with Gasteiger partial charge in [0.25, 0.3) is 0 Å². The second-order valence-electron chi connectivity index (χ2n) is 5.25. The van der Waals surface area contributed by atoms with Crippen molar-refractivity contribution in [3.05, 3.63) is 59.2 Å². The molecule has 0 radical (unpaired) electrons. The van der Waals surface area contributed by atoms with E-state index in [0.29, 0.717) is 5.75 Å². The molecule has 0 heterocycles. The average Bonchev–Trinajstić information content (AvgIpc) is 2.55. The van der Waals surface area contributed by atoms with Crippen molar-refractivity contribution in [3.63, 3.8) is 0 Å². The van der Waals surface area contributed by atoms with Crippen LogP contribution in [0.3, 0.4) is 0 Å². The summed E-state index contributed by atoms with van der Waals surface area (Å²) in [6, 6.07) is 11.4. The molecule has 1 amide bonds. The summed E-state index contributed by atoms with van der Waals surface area (Å²) < 4.78 is 10.6. The number of benzene rings is 2. The summed E-state index contributed by atoms with van der Waals surface area (Å²) in [5, 5.41) is 2.83. The van der Waals surface area contributed by atoms with Crippen LogP contribution in [0.25, 0.3) is 6.08 Å². The zero-order chi connectivity index (χ0) is 16.8. The van der Waals surface area contributed by atoms with Crippen molar-refractivity contribution in [2.45, 2.75) is 13.8 Å². The molecule has 4 nitrogen and oxygen atoms in total. The zero-order valence-corrected chi connectivity index (χ0v) is 13.8. The van der Waals surface area contributed by atoms with Gasteiger partial charge in [0, 0.05) is 23.4 Å². The van der Waals surface area contributed by atoms with Gasteiger partial charge in [0.2, 0.25) is 5.91 Å². The number of carbonyl (C=O) groups is 1. The van der Waals surface area contributed by atoms with Crippen molar-refractivity contribution in [2.24, 2.45) is 0 Å². The topological polar surface area (TPSA) is 47.6 Å². The number of nitrogens with one attached hydrogen (secondary N) is 1. The van der Waals surface area contributed by atoms with Crippen LogP contribution in [-0.2, 0) is 4.79 Å². The summed E-state index contributed by atoms with van der Waals surface area (Å²) in [7, 11) is 3.21. The van der Waals surface area contributed by atoms with E-state index in [1.54, 1.807) is 26.4 Å². The Balaban J connectivity index is 2.16. The molecule has 0 saturated heterocycles. The maximum absolute atomic E-state index is 12.0. The second-order valence-corrected chi connectivity index (χ2v) is 5.25. The molecule has 0 aliphatic rings. The predicted octanol–water partition coefficient (Wildman–Crippen LogP) is 3.97. The summed E-state index contributed by atoms with van der Waals surface area (Å²) in [5.74, 6) is 1.20. The molecule has 2 aromatic rings. The molecule has 1 N–H and O–H groups in total. The van der Waals surface area contributed by atoms with Gasteiger partial charge in [-0.25, -0.2) is 0 Å². The highest BCUT2D eigenvalue weighted by atomic mass is 16.5. The third-order valence-electron chi connectivity index (χ3n) is 3.50. The fourth-order valence-electron chi connectivity index (χ4n) is 2.21. The summed E-state index contributed by atoms with van der Waals surface area (Å²) in [6.07, 6.45) is 3.24. The normalized spacial score (nSPS) is 10.6. The Morgan fingerprint density at radius 1 is 1.04 bits per heavy atom. The van der Waals surface area contributed by atoms with Gasteiger partial charge in [-0.1, -0.05) is 17.7 Å². The molecule has 0 saturated carbocycles. The van der Waals surface area contributed by atoms with Crippen LogP contribution < -0.4 is 14.8 Å². The average molecular weight is 311 g/mol. The molecule has 0 aliphatic heterocycles. The Labute approximate surface area is 136 Å². The first kappa shape index (κ1) is 16.6. The maximum atomic E-state index is 12.0. The van der Waals surface area contributed by atoms with Crippen LogP contribution in [0.5, 0.6) is 11.5 Å². The number of hydrogen-bond donors (Lipinski definition) is 1. The van der Waals surface area contributed by atoms with E-state index in [2.05, 4.69) is 5.32 Å². The third kappa shape index (κ3) is 4.36. The van der Waals surface area contributed by atoms with E-state index in [1.165, 1.54) is 6.08 Å². The lowest BCUT2D eigenvalue weighted by atomic mass is 10.1. The second kappa shape index (κ2) is 7.49. The molecule has 0 unspecified atom stereocenters. The summed E-state index contributed by atoms with van der Waals surface area (Å²) >= 11 is 0. The summed E-state index contributed by atoms with van der Waals surface area (Å²) in [4.78, 5) is 12.0. The minimum atomic E-state index is -0.189. The highest BCUT2D eigenvalue weighted by molar-refractivity contribution is 6.02. The van der Waals surface area contributed by atoms with Gasteiger partial charge in [0.05, 0.1) is 14.2 Å². The number of hydrogen-bond acceptors (Lipinski definition) is 3. The van der Waals surface area contributed by atoms with Gasteiger partial charge in [-0.05, 0) is 43.7 Å². The van der Waals surface area contributed by atoms with E-state index < -0.39 is 0 Å². The van der Waals surface area contributed by atoms with Crippen LogP contribution in [0.1, 0.15) is 16.7 Å². The third-order valence-corrected chi connectivity index (χ3v) is 3.50. The van der Waals surface area contributed by atoms with Crippen LogP contribution in [0, 0.1) is 13.8 Å². The van der Waals surface area contributed by atoms with Gasteiger partial charge < -0.3 is 14.8 Å². The molecular weight excluding hydrogens is 290 g/mol. The van der Waals surface area contributed by atoms with Gasteiger partial charge in [-0.2, -0.15) is 0 Å². The summed E-state index contributed by atoms with van der Waals surface area (Å²) in [5.41, 5.74) is 3.74. The minimum Gasteiger partial charge on any atom is -0.497 e.